The van der Waals surface area contributed by atoms with Crippen LogP contribution in [0.25, 0.3) is 0 Å². The molecule has 35 heavy (non-hydrogen) atoms. The van der Waals surface area contributed by atoms with Crippen molar-refractivity contribution >= 4 is 0 Å². The second-order valence-corrected chi connectivity index (χ2v) is 12.5. The molecule has 0 aromatic carbocycles. The summed E-state index contributed by atoms with van der Waals surface area (Å²) in [5.41, 5.74) is 0. The number of hydrogen-bond donors (Lipinski definition) is 1. The van der Waals surface area contributed by atoms with Crippen molar-refractivity contribution in [3.63, 3.8) is 0 Å². The summed E-state index contributed by atoms with van der Waals surface area (Å²) in [6, 6.07) is 0. The van der Waals surface area contributed by atoms with Crippen molar-refractivity contribution in [1.82, 2.24) is 0 Å². The van der Waals surface area contributed by atoms with Gasteiger partial charge in [0.2, 0.25) is 0 Å². The summed E-state index contributed by atoms with van der Waals surface area (Å²) < 4.78 is 5.73. The first-order valence-corrected chi connectivity index (χ1v) is 16.5. The lowest BCUT2D eigenvalue weighted by Gasteiger charge is -2.11. The van der Waals surface area contributed by atoms with Crippen molar-refractivity contribution in [2.24, 2.45) is 23.7 Å². The molecule has 0 bridgehead atoms. The average Bonchev–Trinajstić information content (AvgIpc) is 3.78. The fourth-order valence-corrected chi connectivity index (χ4v) is 6.26. The monoisotopic (exact) mass is 492 g/mol. The molecule has 0 radical (unpaired) electrons. The number of unbranched alkanes of at least 4 members (excludes halogenated alkanes) is 15. The first-order valence-electron chi connectivity index (χ1n) is 16.5. The smallest absolute Gasteiger partial charge is 0.0773 e. The third-order valence-corrected chi connectivity index (χ3v) is 8.99. The molecule has 2 heteroatoms. The predicted molar refractivity (Wildman–Crippen MR) is 153 cm³/mol. The Hall–Kier alpha value is -0.0800. The van der Waals surface area contributed by atoms with E-state index in [2.05, 4.69) is 13.8 Å². The quantitative estimate of drug-likeness (QED) is 0.116. The molecule has 0 aliphatic heterocycles. The molecule has 0 spiro atoms. The second-order valence-electron chi connectivity index (χ2n) is 12.5. The van der Waals surface area contributed by atoms with Crippen LogP contribution in [0.2, 0.25) is 0 Å². The fraction of sp³-hybridized carbons (Fsp3) is 1.00. The van der Waals surface area contributed by atoms with Gasteiger partial charge in [0.15, 0.2) is 0 Å². The molecule has 208 valence electrons. The van der Waals surface area contributed by atoms with Gasteiger partial charge in [0.25, 0.3) is 0 Å². The lowest BCUT2D eigenvalue weighted by molar-refractivity contribution is 0.0297. The van der Waals surface area contributed by atoms with E-state index >= 15 is 0 Å². The molecule has 4 unspecified atom stereocenters. The van der Waals surface area contributed by atoms with Gasteiger partial charge in [-0.3, -0.25) is 0 Å². The Bertz CT molecular complexity index is 464. The van der Waals surface area contributed by atoms with E-state index in [-0.39, 0.29) is 6.10 Å². The molecule has 0 aromatic rings. The number of hydrogen-bond acceptors (Lipinski definition) is 2. The van der Waals surface area contributed by atoms with Crippen molar-refractivity contribution in [2.75, 3.05) is 13.2 Å². The first kappa shape index (κ1) is 31.1. The van der Waals surface area contributed by atoms with E-state index in [4.69, 9.17) is 4.74 Å². The van der Waals surface area contributed by atoms with E-state index < -0.39 is 0 Å². The molecule has 0 heterocycles. The van der Waals surface area contributed by atoms with E-state index in [0.29, 0.717) is 6.61 Å². The van der Waals surface area contributed by atoms with Gasteiger partial charge in [0, 0.05) is 6.61 Å². The highest BCUT2D eigenvalue weighted by atomic mass is 16.5. The average molecular weight is 493 g/mol. The summed E-state index contributed by atoms with van der Waals surface area (Å²) in [6.45, 7) is 5.97. The van der Waals surface area contributed by atoms with Crippen LogP contribution in [0, 0.1) is 23.7 Å². The maximum atomic E-state index is 10.1. The minimum absolute atomic E-state index is 0.252. The molecule has 2 aliphatic rings. The van der Waals surface area contributed by atoms with Gasteiger partial charge in [0.05, 0.1) is 12.7 Å². The molecule has 2 saturated carbocycles. The van der Waals surface area contributed by atoms with Crippen LogP contribution in [0.15, 0.2) is 0 Å². The van der Waals surface area contributed by atoms with Gasteiger partial charge in [-0.25, -0.2) is 0 Å². The van der Waals surface area contributed by atoms with Gasteiger partial charge in [-0.15, -0.1) is 0 Å². The Balaban J connectivity index is 1.23. The van der Waals surface area contributed by atoms with Crippen LogP contribution < -0.4 is 0 Å². The van der Waals surface area contributed by atoms with Crippen molar-refractivity contribution in [1.29, 1.82) is 0 Å². The highest BCUT2D eigenvalue weighted by Crippen LogP contribution is 2.54. The van der Waals surface area contributed by atoms with Gasteiger partial charge in [0.1, 0.15) is 0 Å². The summed E-state index contributed by atoms with van der Waals surface area (Å²) in [5.74, 6) is 4.46. The van der Waals surface area contributed by atoms with Gasteiger partial charge in [-0.1, -0.05) is 136 Å². The normalized spacial score (nSPS) is 24.1. The van der Waals surface area contributed by atoms with E-state index in [1.165, 1.54) is 116 Å². The van der Waals surface area contributed by atoms with Gasteiger partial charge in [-0.05, 0) is 55.8 Å². The Morgan fingerprint density at radius 2 is 1.03 bits per heavy atom. The highest BCUT2D eigenvalue weighted by molar-refractivity contribution is 4.94. The summed E-state index contributed by atoms with van der Waals surface area (Å²) in [6.07, 6.45) is 32.9. The van der Waals surface area contributed by atoms with Gasteiger partial charge in [-0.2, -0.15) is 0 Å². The summed E-state index contributed by atoms with van der Waals surface area (Å²) in [4.78, 5) is 0. The maximum absolute atomic E-state index is 10.1. The summed E-state index contributed by atoms with van der Waals surface area (Å²) in [5, 5.41) is 10.1. The maximum Gasteiger partial charge on any atom is 0.0773 e. The zero-order valence-corrected chi connectivity index (χ0v) is 24.1. The molecule has 0 aromatic heterocycles. The van der Waals surface area contributed by atoms with Crippen molar-refractivity contribution in [3.05, 3.63) is 0 Å². The molecule has 2 fully saturated rings. The van der Waals surface area contributed by atoms with Gasteiger partial charge < -0.3 is 9.84 Å². The van der Waals surface area contributed by atoms with Crippen LogP contribution in [0.1, 0.15) is 168 Å². The topological polar surface area (TPSA) is 29.5 Å². The Labute approximate surface area is 220 Å². The molecule has 0 amide bonds. The zero-order chi connectivity index (χ0) is 25.0. The summed E-state index contributed by atoms with van der Waals surface area (Å²) in [7, 11) is 0. The van der Waals surface area contributed by atoms with Crippen molar-refractivity contribution in [3.8, 4) is 0 Å². The fourth-order valence-electron chi connectivity index (χ4n) is 6.26. The van der Waals surface area contributed by atoms with Crippen LogP contribution in [0.4, 0.5) is 0 Å². The van der Waals surface area contributed by atoms with E-state index in [1.54, 1.807) is 19.3 Å². The minimum atomic E-state index is -0.252. The lowest BCUT2D eigenvalue weighted by Crippen LogP contribution is -2.15. The number of rotatable bonds is 27. The Morgan fingerprint density at radius 3 is 1.63 bits per heavy atom. The first-order chi connectivity index (χ1) is 17.2. The third-order valence-electron chi connectivity index (χ3n) is 8.99. The van der Waals surface area contributed by atoms with E-state index in [1.807, 2.05) is 0 Å². The lowest BCUT2D eigenvalue weighted by atomic mass is 10.0. The molecular weight excluding hydrogens is 428 g/mol. The Morgan fingerprint density at radius 1 is 0.571 bits per heavy atom. The number of aliphatic hydroxyl groups excluding tert-OH is 1. The molecule has 2 aliphatic carbocycles. The van der Waals surface area contributed by atoms with Crippen LogP contribution in [0.3, 0.4) is 0 Å². The number of ether oxygens (including phenoxy) is 1. The second kappa shape index (κ2) is 20.9. The number of aliphatic hydroxyl groups is 1. The standard InChI is InChI=1S/C33H64O2/c1-3-5-7-8-9-10-11-15-19-23-33(34)28-35-24-20-16-13-12-14-18-22-30-26-32(30)27-31-25-29(31)21-17-6-4-2/h29-34H,3-28H2,1-2H3/t29?,30?,31?,32?,33-/m1/s1. The highest BCUT2D eigenvalue weighted by Gasteiger charge is 2.44. The SMILES string of the molecule is CCCCCCCCCCC[C@@H](O)COCCCCCCCCC1CC1CC1CC1CCCCC. The largest absolute Gasteiger partial charge is 0.391 e. The zero-order valence-electron chi connectivity index (χ0n) is 24.1. The van der Waals surface area contributed by atoms with Gasteiger partial charge >= 0.3 is 0 Å². The molecule has 1 N–H and O–H groups in total. The molecule has 2 nitrogen and oxygen atoms in total. The minimum Gasteiger partial charge on any atom is -0.391 e. The summed E-state index contributed by atoms with van der Waals surface area (Å²) >= 11 is 0. The molecule has 5 atom stereocenters. The predicted octanol–water partition coefficient (Wildman–Crippen LogP) is 10.3. The van der Waals surface area contributed by atoms with E-state index in [0.717, 1.165) is 49.5 Å². The van der Waals surface area contributed by atoms with Crippen LogP contribution in [-0.2, 0) is 4.74 Å². The Kier molecular flexibility index (Phi) is 18.6. The van der Waals surface area contributed by atoms with Crippen LogP contribution in [-0.4, -0.2) is 24.4 Å². The van der Waals surface area contributed by atoms with E-state index in [9.17, 15) is 5.11 Å². The molecule has 2 rings (SSSR count). The van der Waals surface area contributed by atoms with Crippen molar-refractivity contribution < 1.29 is 9.84 Å². The molecular formula is C33H64O2. The van der Waals surface area contributed by atoms with Crippen molar-refractivity contribution in [2.45, 2.75) is 174 Å². The van der Waals surface area contributed by atoms with Crippen LogP contribution in [0.5, 0.6) is 0 Å². The third kappa shape index (κ3) is 17.1. The van der Waals surface area contributed by atoms with Crippen LogP contribution >= 0.6 is 0 Å². The molecule has 0 saturated heterocycles.